The molecule has 118 valence electrons. The van der Waals surface area contributed by atoms with Gasteiger partial charge in [0, 0.05) is 12.4 Å². The lowest BCUT2D eigenvalue weighted by Gasteiger charge is -1.98. The topological polar surface area (TPSA) is 102 Å². The second-order valence-corrected chi connectivity index (χ2v) is 4.35. The van der Waals surface area contributed by atoms with Crippen LogP contribution in [-0.4, -0.2) is 16.8 Å². The van der Waals surface area contributed by atoms with Crippen LogP contribution in [0.2, 0.25) is 0 Å². The van der Waals surface area contributed by atoms with E-state index in [-0.39, 0.29) is 0 Å². The first kappa shape index (κ1) is 17.7. The number of nitrogens with two attached hydrogens (primary N) is 2. The van der Waals surface area contributed by atoms with Gasteiger partial charge < -0.3 is 16.5 Å². The second-order valence-electron chi connectivity index (χ2n) is 4.35. The molecule has 3 rings (SSSR count). The lowest BCUT2D eigenvalue weighted by molar-refractivity contribution is -0.135. The quantitative estimate of drug-likeness (QED) is 0.601. The first-order valence-electron chi connectivity index (χ1n) is 6.88. The largest absolute Gasteiger partial charge is 0.368 e. The van der Waals surface area contributed by atoms with Gasteiger partial charge in [0.2, 0.25) is 0 Å². The number of amides is 2. The molecule has 0 fully saturated rings. The molecule has 23 heavy (non-hydrogen) atoms. The zero-order valence-corrected chi connectivity index (χ0v) is 12.6. The Morgan fingerprint density at radius 1 is 0.609 bits per heavy atom. The molecule has 2 amide bonds. The molecule has 5 heteroatoms. The highest BCUT2D eigenvalue weighted by Gasteiger charge is 1.96. The van der Waals surface area contributed by atoms with Gasteiger partial charge in [-0.25, -0.2) is 0 Å². The molecular weight excluding hydrogens is 290 g/mol. The van der Waals surface area contributed by atoms with Gasteiger partial charge in [0.1, 0.15) is 0 Å². The maximum absolute atomic E-state index is 9.45. The molecule has 0 aliphatic heterocycles. The van der Waals surface area contributed by atoms with Crippen LogP contribution in [0, 0.1) is 0 Å². The Bertz CT molecular complexity index is 614. The number of aromatic nitrogens is 1. The van der Waals surface area contributed by atoms with Gasteiger partial charge in [-0.15, -0.1) is 0 Å². The minimum atomic E-state index is -1.10. The molecule has 3 aromatic rings. The smallest absolute Gasteiger partial charge is 0.306 e. The normalized spacial score (nSPS) is 8.70. The van der Waals surface area contributed by atoms with Gasteiger partial charge >= 0.3 is 11.8 Å². The predicted octanol–water partition coefficient (Wildman–Crippen LogP) is 2.33. The van der Waals surface area contributed by atoms with Gasteiger partial charge in [-0.1, -0.05) is 60.7 Å². The minimum absolute atomic E-state index is 1.10. The van der Waals surface area contributed by atoms with Crippen LogP contribution >= 0.6 is 0 Å². The van der Waals surface area contributed by atoms with Crippen molar-refractivity contribution in [2.75, 3.05) is 0 Å². The molecule has 0 aliphatic rings. The zero-order valence-electron chi connectivity index (χ0n) is 12.6. The molecule has 0 unspecified atom stereocenters. The molecule has 0 atom stereocenters. The average molecular weight is 309 g/mol. The number of hydrogen-bond acceptors (Lipinski definition) is 2. The van der Waals surface area contributed by atoms with E-state index in [9.17, 15) is 9.59 Å². The van der Waals surface area contributed by atoms with E-state index in [1.165, 1.54) is 11.1 Å². The van der Waals surface area contributed by atoms with Gasteiger partial charge in [-0.05, 0) is 23.3 Å². The summed E-state index contributed by atoms with van der Waals surface area (Å²) in [6, 6.07) is 24.7. The van der Waals surface area contributed by atoms with Crippen molar-refractivity contribution < 1.29 is 9.59 Å². The van der Waals surface area contributed by atoms with Crippen molar-refractivity contribution in [1.29, 1.82) is 0 Å². The molecule has 0 aliphatic carbocycles. The van der Waals surface area contributed by atoms with E-state index in [2.05, 4.69) is 65.0 Å². The van der Waals surface area contributed by atoms with Crippen LogP contribution in [-0.2, 0) is 9.59 Å². The Morgan fingerprint density at radius 2 is 0.957 bits per heavy atom. The number of rotatable bonds is 1. The summed E-state index contributed by atoms with van der Waals surface area (Å²) in [5.41, 5.74) is 11.2. The van der Waals surface area contributed by atoms with Crippen molar-refractivity contribution in [3.8, 4) is 11.1 Å². The lowest BCUT2D eigenvalue weighted by atomic mass is 10.1. The van der Waals surface area contributed by atoms with E-state index in [1.54, 1.807) is 0 Å². The zero-order chi connectivity index (χ0) is 16.9. The molecule has 0 saturated carbocycles. The summed E-state index contributed by atoms with van der Waals surface area (Å²) >= 11 is 0. The maximum atomic E-state index is 9.45. The highest BCUT2D eigenvalue weighted by Crippen LogP contribution is 2.17. The van der Waals surface area contributed by atoms with Gasteiger partial charge in [-0.3, -0.25) is 9.59 Å². The van der Waals surface area contributed by atoms with Crippen LogP contribution in [0.15, 0.2) is 85.2 Å². The first-order chi connectivity index (χ1) is 11.1. The van der Waals surface area contributed by atoms with E-state index < -0.39 is 11.8 Å². The van der Waals surface area contributed by atoms with Crippen molar-refractivity contribution in [3.63, 3.8) is 0 Å². The fourth-order valence-corrected chi connectivity index (χ4v) is 1.54. The molecule has 5 N–H and O–H groups in total. The van der Waals surface area contributed by atoms with Crippen LogP contribution in [0.5, 0.6) is 0 Å². The summed E-state index contributed by atoms with van der Waals surface area (Å²) in [6.07, 6.45) is 3.75. The van der Waals surface area contributed by atoms with Crippen molar-refractivity contribution in [2.45, 2.75) is 0 Å². The fraction of sp³-hybridized carbons (Fsp3) is 0. The van der Waals surface area contributed by atoms with Crippen LogP contribution < -0.4 is 11.5 Å². The standard InChI is InChI=1S/C12H10.C4H5N.C2H4N2O2/c1-3-7-11(8-4-1)12-9-5-2-6-10-12;1-2-4-5-3-1;3-1(5)2(4)6/h1-10H;1-5H;(H2,3,5)(H2,4,6). The number of carbonyl (C=O) groups is 2. The number of benzene rings is 2. The van der Waals surface area contributed by atoms with E-state index in [4.69, 9.17) is 0 Å². The SMILES string of the molecule is NC(=O)C(N)=O.c1cc[nH]c1.c1ccc(-c2ccccc2)cc1. The van der Waals surface area contributed by atoms with Crippen molar-refractivity contribution in [2.24, 2.45) is 11.5 Å². The summed E-state index contributed by atoms with van der Waals surface area (Å²) < 4.78 is 0. The Balaban J connectivity index is 0.000000202. The first-order valence-corrected chi connectivity index (χ1v) is 6.88. The number of aromatic amines is 1. The van der Waals surface area contributed by atoms with Crippen molar-refractivity contribution in [3.05, 3.63) is 85.2 Å². The summed E-state index contributed by atoms with van der Waals surface area (Å²) in [4.78, 5) is 21.8. The van der Waals surface area contributed by atoms with E-state index in [1.807, 2.05) is 36.7 Å². The van der Waals surface area contributed by atoms with E-state index in [0.29, 0.717) is 0 Å². The fourth-order valence-electron chi connectivity index (χ4n) is 1.54. The van der Waals surface area contributed by atoms with Crippen LogP contribution in [0.1, 0.15) is 0 Å². The average Bonchev–Trinajstić information content (AvgIpc) is 3.17. The third-order valence-corrected chi connectivity index (χ3v) is 2.62. The number of nitrogens with one attached hydrogen (secondary N) is 1. The van der Waals surface area contributed by atoms with Crippen molar-refractivity contribution in [1.82, 2.24) is 4.98 Å². The molecule has 1 aromatic heterocycles. The summed E-state index contributed by atoms with van der Waals surface area (Å²) in [5.74, 6) is -2.20. The molecule has 0 radical (unpaired) electrons. The predicted molar refractivity (Wildman–Crippen MR) is 91.1 cm³/mol. The molecule has 2 aromatic carbocycles. The molecule has 1 heterocycles. The van der Waals surface area contributed by atoms with E-state index >= 15 is 0 Å². The van der Waals surface area contributed by atoms with Crippen LogP contribution in [0.4, 0.5) is 0 Å². The minimum Gasteiger partial charge on any atom is -0.368 e. The number of H-pyrrole nitrogens is 1. The lowest BCUT2D eigenvalue weighted by Crippen LogP contribution is -2.29. The molecule has 5 nitrogen and oxygen atoms in total. The Kier molecular flexibility index (Phi) is 8.01. The van der Waals surface area contributed by atoms with Gasteiger partial charge in [0.25, 0.3) is 0 Å². The highest BCUT2D eigenvalue weighted by molar-refractivity contribution is 6.33. The molecule has 0 saturated heterocycles. The second kappa shape index (κ2) is 10.4. The monoisotopic (exact) mass is 309 g/mol. The van der Waals surface area contributed by atoms with Crippen LogP contribution in [0.25, 0.3) is 11.1 Å². The van der Waals surface area contributed by atoms with Gasteiger partial charge in [0.15, 0.2) is 0 Å². The Labute approximate surface area is 134 Å². The van der Waals surface area contributed by atoms with E-state index in [0.717, 1.165) is 0 Å². The third kappa shape index (κ3) is 7.87. The Morgan fingerprint density at radius 3 is 1.17 bits per heavy atom. The number of primary amides is 2. The van der Waals surface area contributed by atoms with Crippen LogP contribution in [0.3, 0.4) is 0 Å². The summed E-state index contributed by atoms with van der Waals surface area (Å²) in [6.45, 7) is 0. The highest BCUT2D eigenvalue weighted by atomic mass is 16.2. The number of hydrogen-bond donors (Lipinski definition) is 3. The molecule has 0 bridgehead atoms. The summed E-state index contributed by atoms with van der Waals surface area (Å²) in [5, 5.41) is 0. The van der Waals surface area contributed by atoms with Gasteiger partial charge in [0.05, 0.1) is 0 Å². The number of carbonyl (C=O) groups excluding carboxylic acids is 2. The molecule has 0 spiro atoms. The Hall–Kier alpha value is -3.34. The summed E-state index contributed by atoms with van der Waals surface area (Å²) in [7, 11) is 0. The molecular formula is C18H19N3O2. The van der Waals surface area contributed by atoms with Gasteiger partial charge in [-0.2, -0.15) is 0 Å². The van der Waals surface area contributed by atoms with Crippen molar-refractivity contribution >= 4 is 11.8 Å². The maximum Gasteiger partial charge on any atom is 0.306 e. The third-order valence-electron chi connectivity index (χ3n) is 2.62.